The van der Waals surface area contributed by atoms with Gasteiger partial charge in [0.2, 0.25) is 0 Å². The van der Waals surface area contributed by atoms with E-state index in [0.29, 0.717) is 0 Å². The molecule has 0 unspecified atom stereocenters. The summed E-state index contributed by atoms with van der Waals surface area (Å²) in [4.78, 5) is 4.65. The number of fused-ring (bicyclic) bond motifs is 8. The number of anilines is 6. The van der Waals surface area contributed by atoms with Crippen LogP contribution in [0.2, 0.25) is 0 Å². The molecular weight excluding hydrogens is 1040 g/mol. The van der Waals surface area contributed by atoms with Crippen molar-refractivity contribution in [2.24, 2.45) is 0 Å². The highest BCUT2D eigenvalue weighted by atomic mass is 15.1. The third kappa shape index (κ3) is 9.50. The Kier molecular flexibility index (Phi) is 12.9. The molecule has 0 fully saturated rings. The van der Waals surface area contributed by atoms with Gasteiger partial charge in [-0.3, -0.25) is 0 Å². The molecule has 0 atom stereocenters. The molecular formula is C84H64N2. The number of rotatable bonds is 12. The molecule has 410 valence electrons. The zero-order valence-electron chi connectivity index (χ0n) is 48.9. The van der Waals surface area contributed by atoms with Crippen molar-refractivity contribution in [2.45, 2.75) is 38.5 Å². The highest BCUT2D eigenvalue weighted by Gasteiger charge is 2.42. The van der Waals surface area contributed by atoms with Crippen LogP contribution in [0, 0.1) is 0 Å². The summed E-state index contributed by atoms with van der Waals surface area (Å²) in [5.74, 6) is 0. The van der Waals surface area contributed by atoms with E-state index in [0.717, 1.165) is 45.3 Å². The van der Waals surface area contributed by atoms with Crippen molar-refractivity contribution < 1.29 is 0 Å². The van der Waals surface area contributed by atoms with E-state index in [4.69, 9.17) is 0 Å². The van der Waals surface area contributed by atoms with Crippen molar-refractivity contribution in [2.75, 3.05) is 9.80 Å². The van der Waals surface area contributed by atoms with Crippen molar-refractivity contribution in [3.05, 3.63) is 336 Å². The SMILES string of the molecule is CC1(C)c2cc(-c3ccc(C=Cc4ccc(N(c5ccccc5)c5ccc6ccccc6c5)cc4)cc3)ccc2-c2cc3c(cc21)-c1ccc(-c2ccc(C=Cc4ccc(N(c5ccccc5)c5ccc6ccccc6c5)cc4)cc2)cc1C3(C)C. The molecule has 86 heavy (non-hydrogen) atoms. The van der Waals surface area contributed by atoms with Crippen molar-refractivity contribution in [1.82, 2.24) is 0 Å². The summed E-state index contributed by atoms with van der Waals surface area (Å²) in [7, 11) is 0. The Morgan fingerprint density at radius 3 is 0.884 bits per heavy atom. The largest absolute Gasteiger partial charge is 0.310 e. The summed E-state index contributed by atoms with van der Waals surface area (Å²) in [6, 6.07) is 107. The molecule has 0 bridgehead atoms. The molecule has 0 amide bonds. The lowest BCUT2D eigenvalue weighted by Gasteiger charge is -2.26. The van der Waals surface area contributed by atoms with Crippen LogP contribution >= 0.6 is 0 Å². The van der Waals surface area contributed by atoms with Gasteiger partial charge in [0.05, 0.1) is 0 Å². The molecule has 2 aliphatic rings. The van der Waals surface area contributed by atoms with Crippen LogP contribution in [0.5, 0.6) is 0 Å². The second-order valence-electron chi connectivity index (χ2n) is 24.2. The molecule has 0 heterocycles. The number of hydrogen-bond acceptors (Lipinski definition) is 2. The van der Waals surface area contributed by atoms with E-state index in [9.17, 15) is 0 Å². The lowest BCUT2D eigenvalue weighted by atomic mass is 9.79. The smallest absolute Gasteiger partial charge is 0.0468 e. The van der Waals surface area contributed by atoms with Gasteiger partial charge in [-0.1, -0.05) is 246 Å². The van der Waals surface area contributed by atoms with Crippen molar-refractivity contribution in [3.63, 3.8) is 0 Å². The zero-order chi connectivity index (χ0) is 57.9. The number of para-hydroxylation sites is 2. The summed E-state index contributed by atoms with van der Waals surface area (Å²) >= 11 is 0. The molecule has 0 aromatic heterocycles. The molecule has 15 rings (SSSR count). The average molecular weight is 1100 g/mol. The first-order valence-electron chi connectivity index (χ1n) is 30.0. The Balaban J connectivity index is 0.625. The fourth-order valence-electron chi connectivity index (χ4n) is 13.4. The van der Waals surface area contributed by atoms with E-state index >= 15 is 0 Å². The summed E-state index contributed by atoms with van der Waals surface area (Å²) < 4.78 is 0. The fourth-order valence-corrected chi connectivity index (χ4v) is 13.4. The highest BCUT2D eigenvalue weighted by Crippen LogP contribution is 2.57. The number of nitrogens with zero attached hydrogens (tertiary/aromatic N) is 2. The summed E-state index contributed by atoms with van der Waals surface area (Å²) in [5.41, 5.74) is 27.0. The minimum absolute atomic E-state index is 0.157. The van der Waals surface area contributed by atoms with Crippen molar-refractivity contribution in [1.29, 1.82) is 0 Å². The van der Waals surface area contributed by atoms with E-state index in [1.807, 2.05) is 0 Å². The highest BCUT2D eigenvalue weighted by molar-refractivity contribution is 5.94. The lowest BCUT2D eigenvalue weighted by Crippen LogP contribution is -2.17. The van der Waals surface area contributed by atoms with Crippen molar-refractivity contribution in [3.8, 4) is 44.5 Å². The van der Waals surface area contributed by atoms with Crippen LogP contribution in [0.25, 0.3) is 90.4 Å². The van der Waals surface area contributed by atoms with Gasteiger partial charge in [0.1, 0.15) is 0 Å². The van der Waals surface area contributed by atoms with Crippen molar-refractivity contribution >= 4 is 80.0 Å². The zero-order valence-corrected chi connectivity index (χ0v) is 48.9. The molecule has 0 radical (unpaired) electrons. The molecule has 0 saturated heterocycles. The topological polar surface area (TPSA) is 6.48 Å². The van der Waals surface area contributed by atoms with Gasteiger partial charge in [0.25, 0.3) is 0 Å². The molecule has 0 saturated carbocycles. The monoisotopic (exact) mass is 1100 g/mol. The lowest BCUT2D eigenvalue weighted by molar-refractivity contribution is 0.652. The summed E-state index contributed by atoms with van der Waals surface area (Å²) in [6.45, 7) is 9.62. The van der Waals surface area contributed by atoms with Gasteiger partial charge in [0.15, 0.2) is 0 Å². The first-order valence-corrected chi connectivity index (χ1v) is 30.0. The molecule has 13 aromatic rings. The Hall–Kier alpha value is -10.5. The Morgan fingerprint density at radius 2 is 0.512 bits per heavy atom. The minimum Gasteiger partial charge on any atom is -0.310 e. The van der Waals surface area contributed by atoms with Crippen LogP contribution < -0.4 is 9.80 Å². The Bertz CT molecular complexity index is 4450. The maximum absolute atomic E-state index is 2.52. The van der Waals surface area contributed by atoms with E-state index in [1.165, 1.54) is 99.4 Å². The van der Waals surface area contributed by atoms with Gasteiger partial charge >= 0.3 is 0 Å². The number of benzene rings is 13. The van der Waals surface area contributed by atoms with Gasteiger partial charge in [-0.15, -0.1) is 0 Å². The van der Waals surface area contributed by atoms with Crippen LogP contribution in [0.1, 0.15) is 72.2 Å². The third-order valence-electron chi connectivity index (χ3n) is 18.2. The standard InChI is InChI=1S/C84H64N2/c1-83(2)79-53-67(63-35-27-57(28-36-63)23-25-59-31-43-71(44-32-59)85(69-19-7-5-8-20-69)73-47-39-61-15-11-13-17-65(61)51-73)41-49-75(79)77-56-82-78(55-81(77)83)76-50-42-68(54-80(76)84(82,3)4)64-37-29-58(30-38-64)24-26-60-33-45-72(46-34-60)86(70-21-9-6-10-22-70)74-48-40-62-16-12-14-18-66(62)52-74/h5-56H,1-4H3. The van der Waals surface area contributed by atoms with Crippen LogP contribution in [0.15, 0.2) is 291 Å². The Labute approximate surface area is 505 Å². The summed E-state index contributed by atoms with van der Waals surface area (Å²) in [5, 5.41) is 4.93. The Morgan fingerprint density at radius 1 is 0.221 bits per heavy atom. The predicted molar refractivity (Wildman–Crippen MR) is 368 cm³/mol. The maximum Gasteiger partial charge on any atom is 0.0468 e. The molecule has 2 nitrogen and oxygen atoms in total. The average Bonchev–Trinajstić information content (AvgIpc) is 1.60. The third-order valence-corrected chi connectivity index (χ3v) is 18.2. The first-order chi connectivity index (χ1) is 42.1. The van der Waals surface area contributed by atoms with E-state index in [2.05, 4.69) is 353 Å². The van der Waals surface area contributed by atoms with Crippen LogP contribution in [-0.2, 0) is 10.8 Å². The van der Waals surface area contributed by atoms with E-state index in [-0.39, 0.29) is 10.8 Å². The molecule has 0 aliphatic heterocycles. The fraction of sp³-hybridized carbons (Fsp3) is 0.0714. The van der Waals surface area contributed by atoms with E-state index in [1.54, 1.807) is 0 Å². The van der Waals surface area contributed by atoms with Crippen LogP contribution in [0.3, 0.4) is 0 Å². The van der Waals surface area contributed by atoms with Crippen LogP contribution in [0.4, 0.5) is 34.1 Å². The maximum atomic E-state index is 2.52. The second kappa shape index (κ2) is 21.3. The second-order valence-corrected chi connectivity index (χ2v) is 24.2. The molecule has 13 aromatic carbocycles. The van der Waals surface area contributed by atoms with Gasteiger partial charge in [0, 0.05) is 45.0 Å². The first kappa shape index (κ1) is 52.3. The van der Waals surface area contributed by atoms with Gasteiger partial charge < -0.3 is 9.80 Å². The van der Waals surface area contributed by atoms with Gasteiger partial charge in [-0.05, 0) is 208 Å². The molecule has 0 N–H and O–H groups in total. The molecule has 2 aliphatic carbocycles. The van der Waals surface area contributed by atoms with Gasteiger partial charge in [-0.2, -0.15) is 0 Å². The minimum atomic E-state index is -0.157. The predicted octanol–water partition coefficient (Wildman–Crippen LogP) is 23.2. The molecule has 2 heteroatoms. The summed E-state index contributed by atoms with van der Waals surface area (Å²) in [6.07, 6.45) is 8.84. The molecule has 0 spiro atoms. The quantitative estimate of drug-likeness (QED) is 0.113. The van der Waals surface area contributed by atoms with Gasteiger partial charge in [-0.25, -0.2) is 0 Å². The van der Waals surface area contributed by atoms with Crippen LogP contribution in [-0.4, -0.2) is 0 Å². The van der Waals surface area contributed by atoms with E-state index < -0.39 is 0 Å². The number of hydrogen-bond donors (Lipinski definition) is 0. The normalized spacial score (nSPS) is 13.4.